The lowest BCUT2D eigenvalue weighted by Crippen LogP contribution is -2.26. The highest BCUT2D eigenvalue weighted by Gasteiger charge is 2.21. The lowest BCUT2D eigenvalue weighted by molar-refractivity contribution is 0.259. The van der Waals surface area contributed by atoms with E-state index >= 15 is 0 Å². The van der Waals surface area contributed by atoms with E-state index in [1.54, 1.807) is 0 Å². The predicted octanol–water partition coefficient (Wildman–Crippen LogP) is 2.18. The Hall–Kier alpha value is -0.190. The zero-order valence-corrected chi connectivity index (χ0v) is 9.11. The summed E-state index contributed by atoms with van der Waals surface area (Å²) in [6, 6.07) is 0.683. The first kappa shape index (κ1) is 9.37. The number of likely N-dealkylation sites (tertiary alicyclic amines) is 1. The smallest absolute Gasteiger partial charge is 0.207 e. The van der Waals surface area contributed by atoms with Crippen molar-refractivity contribution in [2.24, 2.45) is 0 Å². The molecule has 0 aliphatic carbocycles. The molecule has 1 unspecified atom stereocenters. The van der Waals surface area contributed by atoms with Gasteiger partial charge in [0.05, 0.1) is 6.54 Å². The summed E-state index contributed by atoms with van der Waals surface area (Å²) in [6.07, 6.45) is 2.60. The standard InChI is InChI=1S/C8H12ClN3S/c1-6-3-2-4-12(6)5-7-10-11-8(9)13-7/h6H,2-5H2,1H3. The maximum atomic E-state index is 5.71. The molecule has 0 saturated carbocycles. The van der Waals surface area contributed by atoms with Crippen molar-refractivity contribution in [1.82, 2.24) is 15.1 Å². The van der Waals surface area contributed by atoms with Crippen molar-refractivity contribution >= 4 is 22.9 Å². The van der Waals surface area contributed by atoms with E-state index in [2.05, 4.69) is 22.0 Å². The number of nitrogens with zero attached hydrogens (tertiary/aromatic N) is 3. The van der Waals surface area contributed by atoms with Gasteiger partial charge in [-0.05, 0) is 37.9 Å². The summed E-state index contributed by atoms with van der Waals surface area (Å²) in [5, 5.41) is 8.83. The van der Waals surface area contributed by atoms with E-state index in [9.17, 15) is 0 Å². The van der Waals surface area contributed by atoms with Crippen molar-refractivity contribution in [3.05, 3.63) is 9.47 Å². The molecule has 1 aromatic heterocycles. The van der Waals surface area contributed by atoms with Crippen LogP contribution in [0.1, 0.15) is 24.8 Å². The molecule has 5 heteroatoms. The van der Waals surface area contributed by atoms with E-state index in [1.807, 2.05) is 0 Å². The summed E-state index contributed by atoms with van der Waals surface area (Å²) < 4.78 is 0.543. The molecular weight excluding hydrogens is 206 g/mol. The quantitative estimate of drug-likeness (QED) is 0.761. The third kappa shape index (κ3) is 2.18. The Morgan fingerprint density at radius 2 is 2.46 bits per heavy atom. The van der Waals surface area contributed by atoms with Gasteiger partial charge in [0.15, 0.2) is 0 Å². The first-order chi connectivity index (χ1) is 6.25. The molecule has 1 fully saturated rings. The molecule has 13 heavy (non-hydrogen) atoms. The Bertz CT molecular complexity index is 289. The van der Waals surface area contributed by atoms with Crippen molar-refractivity contribution in [3.63, 3.8) is 0 Å². The Morgan fingerprint density at radius 3 is 3.00 bits per heavy atom. The van der Waals surface area contributed by atoms with Crippen molar-refractivity contribution in [2.75, 3.05) is 6.54 Å². The normalized spacial score (nSPS) is 24.0. The van der Waals surface area contributed by atoms with Crippen LogP contribution in [-0.2, 0) is 6.54 Å². The maximum absolute atomic E-state index is 5.71. The summed E-state index contributed by atoms with van der Waals surface area (Å²) in [7, 11) is 0. The number of rotatable bonds is 2. The minimum absolute atomic E-state index is 0.543. The van der Waals surface area contributed by atoms with Crippen LogP contribution in [0.4, 0.5) is 0 Å². The molecule has 0 radical (unpaired) electrons. The minimum Gasteiger partial charge on any atom is -0.294 e. The van der Waals surface area contributed by atoms with Crippen LogP contribution >= 0.6 is 22.9 Å². The largest absolute Gasteiger partial charge is 0.294 e. The topological polar surface area (TPSA) is 29.0 Å². The second-order valence-electron chi connectivity index (χ2n) is 3.41. The molecule has 2 heterocycles. The predicted molar refractivity (Wildman–Crippen MR) is 54.0 cm³/mol. The Kier molecular flexibility index (Phi) is 2.81. The van der Waals surface area contributed by atoms with Gasteiger partial charge in [-0.2, -0.15) is 0 Å². The molecule has 1 atom stereocenters. The van der Waals surface area contributed by atoms with Gasteiger partial charge >= 0.3 is 0 Å². The van der Waals surface area contributed by atoms with Gasteiger partial charge in [0.1, 0.15) is 5.01 Å². The molecule has 2 rings (SSSR count). The van der Waals surface area contributed by atoms with Gasteiger partial charge in [0.2, 0.25) is 4.47 Å². The molecular formula is C8H12ClN3S. The first-order valence-electron chi connectivity index (χ1n) is 4.47. The lowest BCUT2D eigenvalue weighted by Gasteiger charge is -2.18. The second kappa shape index (κ2) is 3.90. The maximum Gasteiger partial charge on any atom is 0.207 e. The van der Waals surface area contributed by atoms with E-state index < -0.39 is 0 Å². The van der Waals surface area contributed by atoms with Gasteiger partial charge in [-0.15, -0.1) is 10.2 Å². The summed E-state index contributed by atoms with van der Waals surface area (Å²) in [6.45, 7) is 4.35. The highest BCUT2D eigenvalue weighted by Crippen LogP contribution is 2.22. The van der Waals surface area contributed by atoms with Gasteiger partial charge < -0.3 is 0 Å². The highest BCUT2D eigenvalue weighted by molar-refractivity contribution is 7.15. The van der Waals surface area contributed by atoms with Crippen LogP contribution in [-0.4, -0.2) is 27.7 Å². The molecule has 0 bridgehead atoms. The number of aromatic nitrogens is 2. The molecule has 1 saturated heterocycles. The van der Waals surface area contributed by atoms with Crippen molar-refractivity contribution in [3.8, 4) is 0 Å². The molecule has 0 spiro atoms. The summed E-state index contributed by atoms with van der Waals surface area (Å²) in [5.41, 5.74) is 0. The molecule has 1 aromatic rings. The monoisotopic (exact) mass is 217 g/mol. The van der Waals surface area contributed by atoms with E-state index in [0.717, 1.165) is 11.6 Å². The fraction of sp³-hybridized carbons (Fsp3) is 0.750. The Balaban J connectivity index is 1.97. The molecule has 0 N–H and O–H groups in total. The average Bonchev–Trinajstić information content (AvgIpc) is 2.64. The second-order valence-corrected chi connectivity index (χ2v) is 5.05. The lowest BCUT2D eigenvalue weighted by atomic mass is 10.2. The minimum atomic E-state index is 0.543. The first-order valence-corrected chi connectivity index (χ1v) is 5.67. The molecule has 0 amide bonds. The van der Waals surface area contributed by atoms with E-state index in [4.69, 9.17) is 11.6 Å². The van der Waals surface area contributed by atoms with Gasteiger partial charge in [0.25, 0.3) is 0 Å². The van der Waals surface area contributed by atoms with Crippen LogP contribution in [0.5, 0.6) is 0 Å². The van der Waals surface area contributed by atoms with Crippen LogP contribution in [0.2, 0.25) is 4.47 Å². The van der Waals surface area contributed by atoms with Gasteiger partial charge in [-0.1, -0.05) is 11.3 Å². The fourth-order valence-corrected chi connectivity index (χ4v) is 2.59. The fourth-order valence-electron chi connectivity index (χ4n) is 1.70. The van der Waals surface area contributed by atoms with Crippen LogP contribution in [0.25, 0.3) is 0 Å². The van der Waals surface area contributed by atoms with Crippen molar-refractivity contribution in [1.29, 1.82) is 0 Å². The molecule has 72 valence electrons. The molecule has 1 aliphatic rings. The SMILES string of the molecule is CC1CCCN1Cc1nnc(Cl)s1. The number of hydrogen-bond donors (Lipinski definition) is 0. The van der Waals surface area contributed by atoms with Gasteiger partial charge in [-0.25, -0.2) is 0 Å². The van der Waals surface area contributed by atoms with Crippen LogP contribution in [0.3, 0.4) is 0 Å². The Labute approximate surface area is 86.7 Å². The summed E-state index contributed by atoms with van der Waals surface area (Å²) in [5.74, 6) is 0. The van der Waals surface area contributed by atoms with Crippen molar-refractivity contribution in [2.45, 2.75) is 32.4 Å². The van der Waals surface area contributed by atoms with E-state index in [0.29, 0.717) is 10.5 Å². The van der Waals surface area contributed by atoms with Crippen LogP contribution in [0, 0.1) is 0 Å². The van der Waals surface area contributed by atoms with Crippen molar-refractivity contribution < 1.29 is 0 Å². The highest BCUT2D eigenvalue weighted by atomic mass is 35.5. The number of halogens is 1. The van der Waals surface area contributed by atoms with E-state index in [1.165, 1.54) is 30.7 Å². The summed E-state index contributed by atoms with van der Waals surface area (Å²) >= 11 is 7.19. The van der Waals surface area contributed by atoms with Crippen LogP contribution < -0.4 is 0 Å². The molecule has 3 nitrogen and oxygen atoms in total. The van der Waals surface area contributed by atoms with Gasteiger partial charge in [0, 0.05) is 6.04 Å². The number of hydrogen-bond acceptors (Lipinski definition) is 4. The Morgan fingerprint density at radius 1 is 1.62 bits per heavy atom. The third-order valence-electron chi connectivity index (χ3n) is 2.47. The molecule has 1 aliphatic heterocycles. The van der Waals surface area contributed by atoms with Crippen LogP contribution in [0.15, 0.2) is 0 Å². The molecule has 0 aromatic carbocycles. The van der Waals surface area contributed by atoms with Gasteiger partial charge in [-0.3, -0.25) is 4.90 Å². The van der Waals surface area contributed by atoms with E-state index in [-0.39, 0.29) is 0 Å². The third-order valence-corrected chi connectivity index (χ3v) is 3.47. The zero-order chi connectivity index (χ0) is 9.26. The zero-order valence-electron chi connectivity index (χ0n) is 7.53. The average molecular weight is 218 g/mol. The summed E-state index contributed by atoms with van der Waals surface area (Å²) in [4.78, 5) is 2.43.